The Kier molecular flexibility index (Phi) is 6.24. The molecule has 1 aromatic heterocycles. The molecule has 3 amide bonds. The zero-order valence-electron chi connectivity index (χ0n) is 16.5. The van der Waals surface area contributed by atoms with Gasteiger partial charge in [-0.2, -0.15) is 0 Å². The number of ether oxygens (including phenoxy) is 3. The molecule has 0 atom stereocenters. The molecule has 0 aliphatic carbocycles. The van der Waals surface area contributed by atoms with Crippen molar-refractivity contribution in [3.8, 4) is 11.5 Å². The second-order valence-electron chi connectivity index (χ2n) is 6.20. The van der Waals surface area contributed by atoms with Gasteiger partial charge in [0.1, 0.15) is 11.5 Å². The topological polar surface area (TPSA) is 145 Å². The first-order valence-corrected chi connectivity index (χ1v) is 8.87. The van der Waals surface area contributed by atoms with Crippen molar-refractivity contribution in [2.24, 2.45) is 0 Å². The summed E-state index contributed by atoms with van der Waals surface area (Å²) in [5.41, 5.74) is 0.273. The first kappa shape index (κ1) is 21.4. The van der Waals surface area contributed by atoms with Crippen LogP contribution in [0.3, 0.4) is 0 Å². The van der Waals surface area contributed by atoms with Gasteiger partial charge in [-0.25, -0.2) is 14.4 Å². The lowest BCUT2D eigenvalue weighted by Gasteiger charge is -2.12. The molecule has 0 spiro atoms. The molecule has 11 heteroatoms. The number of hydrogen-bond donors (Lipinski definition) is 2. The summed E-state index contributed by atoms with van der Waals surface area (Å²) in [4.78, 5) is 48.3. The number of amides is 3. The second-order valence-corrected chi connectivity index (χ2v) is 6.20. The summed E-state index contributed by atoms with van der Waals surface area (Å²) in [7, 11) is 2.59. The Morgan fingerprint density at radius 1 is 1.19 bits per heavy atom. The highest BCUT2D eigenvalue weighted by Crippen LogP contribution is 2.33. The van der Waals surface area contributed by atoms with Crippen molar-refractivity contribution in [2.45, 2.75) is 6.54 Å². The molecule has 0 unspecified atom stereocenters. The van der Waals surface area contributed by atoms with E-state index in [9.17, 15) is 19.2 Å². The monoisotopic (exact) mass is 430 g/mol. The fraction of sp³-hybridized carbons (Fsp3) is 0.200. The number of carboxylic acids is 1. The summed E-state index contributed by atoms with van der Waals surface area (Å²) < 4.78 is 20.3. The summed E-state index contributed by atoms with van der Waals surface area (Å²) in [5, 5.41) is 11.3. The third kappa shape index (κ3) is 4.66. The molecule has 0 radical (unpaired) electrons. The lowest BCUT2D eigenvalue weighted by molar-refractivity contribution is -0.139. The number of nitrogens with one attached hydrogen (secondary N) is 1. The van der Waals surface area contributed by atoms with Gasteiger partial charge in [0.15, 0.2) is 18.1 Å². The molecular weight excluding hydrogens is 412 g/mol. The summed E-state index contributed by atoms with van der Waals surface area (Å²) in [6.45, 7) is -0.830. The zero-order valence-corrected chi connectivity index (χ0v) is 16.5. The van der Waals surface area contributed by atoms with Crippen molar-refractivity contribution in [3.05, 3.63) is 53.1 Å². The van der Waals surface area contributed by atoms with Gasteiger partial charge in [-0.1, -0.05) is 12.1 Å². The highest BCUT2D eigenvalue weighted by Gasteiger charge is 2.34. The minimum absolute atomic E-state index is 0.0572. The predicted molar refractivity (Wildman–Crippen MR) is 103 cm³/mol. The van der Waals surface area contributed by atoms with E-state index in [1.54, 1.807) is 18.2 Å². The highest BCUT2D eigenvalue weighted by atomic mass is 16.5. The van der Waals surface area contributed by atoms with Crippen molar-refractivity contribution < 1.29 is 42.9 Å². The standard InChI is InChI=1S/C20H18N2O9/c1-28-14-5-3-4-11(17(14)30-10-16(23)24)8-13-18(25)22(20(27)21-13)9-12-6-7-15(31-12)19(26)29-2/h3-8H,9-10H2,1-2H3,(H,21,27)(H,23,24)/b13-8+. The van der Waals surface area contributed by atoms with Crippen LogP contribution in [-0.2, 0) is 20.9 Å². The van der Waals surface area contributed by atoms with E-state index in [1.165, 1.54) is 32.4 Å². The van der Waals surface area contributed by atoms with Crippen LogP contribution >= 0.6 is 0 Å². The number of furan rings is 1. The average molecular weight is 430 g/mol. The van der Waals surface area contributed by atoms with Crippen LogP contribution in [0.2, 0.25) is 0 Å². The van der Waals surface area contributed by atoms with Gasteiger partial charge in [0.05, 0.1) is 20.8 Å². The van der Waals surface area contributed by atoms with Crippen LogP contribution in [0, 0.1) is 0 Å². The first-order chi connectivity index (χ1) is 14.8. The van der Waals surface area contributed by atoms with E-state index in [0.29, 0.717) is 5.56 Å². The Hall–Kier alpha value is -4.28. The summed E-state index contributed by atoms with van der Waals surface area (Å²) in [6, 6.07) is 6.89. The Labute approximate surface area is 175 Å². The SMILES string of the molecule is COC(=O)c1ccc(CN2C(=O)N/C(=C/c3cccc(OC)c3OCC(=O)O)C2=O)o1. The summed E-state index contributed by atoms with van der Waals surface area (Å²) in [5.74, 6) is -2.01. The number of benzene rings is 1. The van der Waals surface area contributed by atoms with E-state index in [1.807, 2.05) is 0 Å². The molecule has 1 aromatic carbocycles. The Morgan fingerprint density at radius 3 is 2.65 bits per heavy atom. The van der Waals surface area contributed by atoms with Crippen molar-refractivity contribution in [1.82, 2.24) is 10.2 Å². The van der Waals surface area contributed by atoms with Crippen molar-refractivity contribution in [3.63, 3.8) is 0 Å². The number of esters is 1. The molecule has 2 heterocycles. The maximum atomic E-state index is 12.7. The number of aliphatic carboxylic acids is 1. The molecule has 31 heavy (non-hydrogen) atoms. The van der Waals surface area contributed by atoms with E-state index in [-0.39, 0.29) is 35.3 Å². The summed E-state index contributed by atoms with van der Waals surface area (Å²) in [6.07, 6.45) is 1.35. The molecule has 1 aliphatic rings. The van der Waals surface area contributed by atoms with Crippen LogP contribution < -0.4 is 14.8 Å². The molecule has 0 saturated carbocycles. The van der Waals surface area contributed by atoms with Crippen LogP contribution in [0.25, 0.3) is 6.08 Å². The first-order valence-electron chi connectivity index (χ1n) is 8.87. The molecule has 3 rings (SSSR count). The van der Waals surface area contributed by atoms with Gasteiger partial charge >= 0.3 is 18.0 Å². The molecule has 2 N–H and O–H groups in total. The van der Waals surface area contributed by atoms with E-state index in [4.69, 9.17) is 19.0 Å². The van der Waals surface area contributed by atoms with Crippen LogP contribution in [0.5, 0.6) is 11.5 Å². The number of carbonyl (C=O) groups excluding carboxylic acids is 3. The molecule has 2 aromatic rings. The van der Waals surface area contributed by atoms with Gasteiger partial charge in [-0.05, 0) is 24.3 Å². The van der Waals surface area contributed by atoms with Gasteiger partial charge in [-0.15, -0.1) is 0 Å². The van der Waals surface area contributed by atoms with Crippen molar-refractivity contribution in [2.75, 3.05) is 20.8 Å². The fourth-order valence-electron chi connectivity index (χ4n) is 2.80. The summed E-state index contributed by atoms with van der Waals surface area (Å²) >= 11 is 0. The highest BCUT2D eigenvalue weighted by molar-refractivity contribution is 6.14. The van der Waals surface area contributed by atoms with Crippen LogP contribution in [0.4, 0.5) is 4.79 Å². The normalized spacial score (nSPS) is 14.5. The second kappa shape index (κ2) is 9.03. The van der Waals surface area contributed by atoms with E-state index < -0.39 is 30.5 Å². The van der Waals surface area contributed by atoms with Crippen molar-refractivity contribution >= 4 is 30.0 Å². The van der Waals surface area contributed by atoms with E-state index in [2.05, 4.69) is 10.1 Å². The third-order valence-corrected chi connectivity index (χ3v) is 4.19. The number of carboxylic acid groups (broad SMARTS) is 1. The Balaban J connectivity index is 1.84. The lowest BCUT2D eigenvalue weighted by Crippen LogP contribution is -2.30. The van der Waals surface area contributed by atoms with E-state index in [0.717, 1.165) is 4.90 Å². The van der Waals surface area contributed by atoms with Gasteiger partial charge in [0.25, 0.3) is 5.91 Å². The Morgan fingerprint density at radius 2 is 1.97 bits per heavy atom. The maximum Gasteiger partial charge on any atom is 0.373 e. The third-order valence-electron chi connectivity index (χ3n) is 4.19. The van der Waals surface area contributed by atoms with Crippen LogP contribution in [-0.4, -0.2) is 54.7 Å². The number of carbonyl (C=O) groups is 4. The number of para-hydroxylation sites is 1. The fourth-order valence-corrected chi connectivity index (χ4v) is 2.80. The van der Waals surface area contributed by atoms with E-state index >= 15 is 0 Å². The molecule has 1 aliphatic heterocycles. The molecular formula is C20H18N2O9. The van der Waals surface area contributed by atoms with Crippen LogP contribution in [0.1, 0.15) is 21.9 Å². The largest absolute Gasteiger partial charge is 0.493 e. The number of rotatable bonds is 8. The van der Waals surface area contributed by atoms with Gasteiger partial charge < -0.3 is 29.1 Å². The number of urea groups is 1. The van der Waals surface area contributed by atoms with Gasteiger partial charge in [-0.3, -0.25) is 9.69 Å². The minimum atomic E-state index is -1.19. The average Bonchev–Trinajstić information content (AvgIpc) is 3.32. The van der Waals surface area contributed by atoms with Gasteiger partial charge in [0.2, 0.25) is 5.76 Å². The molecule has 0 bridgehead atoms. The number of imide groups is 1. The number of nitrogens with zero attached hydrogens (tertiary/aromatic N) is 1. The quantitative estimate of drug-likeness (QED) is 0.363. The zero-order chi connectivity index (χ0) is 22.5. The molecule has 1 fully saturated rings. The number of hydrogen-bond acceptors (Lipinski definition) is 8. The lowest BCUT2D eigenvalue weighted by atomic mass is 10.1. The van der Waals surface area contributed by atoms with Crippen LogP contribution in [0.15, 0.2) is 40.4 Å². The van der Waals surface area contributed by atoms with Gasteiger partial charge in [0, 0.05) is 5.56 Å². The molecule has 162 valence electrons. The number of methoxy groups -OCH3 is 2. The molecule has 11 nitrogen and oxygen atoms in total. The minimum Gasteiger partial charge on any atom is -0.493 e. The Bertz CT molecular complexity index is 1070. The van der Waals surface area contributed by atoms with Crippen molar-refractivity contribution in [1.29, 1.82) is 0 Å². The predicted octanol–water partition coefficient (Wildman–Crippen LogP) is 1.63. The molecule has 1 saturated heterocycles. The maximum absolute atomic E-state index is 12.7. The smallest absolute Gasteiger partial charge is 0.373 e.